The molecule has 1 aliphatic rings. The van der Waals surface area contributed by atoms with Crippen LogP contribution in [0.5, 0.6) is 0 Å². The first-order valence-electron chi connectivity index (χ1n) is 8.20. The molecule has 0 bridgehead atoms. The van der Waals surface area contributed by atoms with E-state index in [9.17, 15) is 9.18 Å². The standard InChI is InChI=1S/C19H22FN3O/c1-12-8-15(10-21-13(12)2)11-22-19(24)23-7-6-16-4-5-17(20)9-18(16)14(23)3/h4-5,8-10,14H,6-7,11H2,1-3H3,(H,22,24)/t14-/m0/s1. The van der Waals surface area contributed by atoms with Crippen molar-refractivity contribution < 1.29 is 9.18 Å². The molecule has 4 nitrogen and oxygen atoms in total. The van der Waals surface area contributed by atoms with Crippen molar-refractivity contribution in [3.05, 3.63) is 64.2 Å². The molecular weight excluding hydrogens is 305 g/mol. The number of benzene rings is 1. The third kappa shape index (κ3) is 3.25. The fraction of sp³-hybridized carbons (Fsp3) is 0.368. The molecule has 126 valence electrons. The number of hydrogen-bond acceptors (Lipinski definition) is 2. The summed E-state index contributed by atoms with van der Waals surface area (Å²) in [4.78, 5) is 18.6. The molecule has 24 heavy (non-hydrogen) atoms. The van der Waals surface area contributed by atoms with E-state index in [4.69, 9.17) is 0 Å². The maximum Gasteiger partial charge on any atom is 0.318 e. The van der Waals surface area contributed by atoms with Crippen LogP contribution in [0.4, 0.5) is 9.18 Å². The summed E-state index contributed by atoms with van der Waals surface area (Å²) in [6, 6.07) is 6.60. The van der Waals surface area contributed by atoms with Crippen LogP contribution in [-0.4, -0.2) is 22.5 Å². The molecule has 2 heterocycles. The molecule has 1 aliphatic heterocycles. The van der Waals surface area contributed by atoms with E-state index in [0.717, 1.165) is 34.4 Å². The lowest BCUT2D eigenvalue weighted by Gasteiger charge is -2.35. The van der Waals surface area contributed by atoms with Crippen molar-refractivity contribution in [2.75, 3.05) is 6.54 Å². The number of aryl methyl sites for hydroxylation is 2. The Kier molecular flexibility index (Phi) is 4.51. The minimum absolute atomic E-state index is 0.129. The van der Waals surface area contributed by atoms with Crippen molar-refractivity contribution in [1.82, 2.24) is 15.2 Å². The van der Waals surface area contributed by atoms with Gasteiger partial charge in [0.15, 0.2) is 0 Å². The van der Waals surface area contributed by atoms with Gasteiger partial charge in [-0.05, 0) is 61.6 Å². The Morgan fingerprint density at radius 1 is 1.38 bits per heavy atom. The second kappa shape index (κ2) is 6.59. The van der Waals surface area contributed by atoms with Crippen molar-refractivity contribution in [2.45, 2.75) is 39.8 Å². The van der Waals surface area contributed by atoms with Crippen LogP contribution in [0, 0.1) is 19.7 Å². The Labute approximate surface area is 141 Å². The number of nitrogens with zero attached hydrogens (tertiary/aromatic N) is 2. The normalized spacial score (nSPS) is 16.7. The zero-order chi connectivity index (χ0) is 17.3. The lowest BCUT2D eigenvalue weighted by atomic mass is 9.94. The van der Waals surface area contributed by atoms with Crippen molar-refractivity contribution in [1.29, 1.82) is 0 Å². The summed E-state index contributed by atoms with van der Waals surface area (Å²) in [7, 11) is 0. The summed E-state index contributed by atoms with van der Waals surface area (Å²) in [5, 5.41) is 2.94. The van der Waals surface area contributed by atoms with Crippen LogP contribution in [0.15, 0.2) is 30.5 Å². The molecular formula is C19H22FN3O. The number of hydrogen-bond donors (Lipinski definition) is 1. The molecule has 1 atom stereocenters. The van der Waals surface area contributed by atoms with Gasteiger partial charge < -0.3 is 10.2 Å². The number of amides is 2. The molecule has 3 rings (SSSR count). The van der Waals surface area contributed by atoms with E-state index in [1.54, 1.807) is 11.1 Å². The van der Waals surface area contributed by atoms with Gasteiger partial charge in [-0.2, -0.15) is 0 Å². The van der Waals surface area contributed by atoms with Crippen LogP contribution >= 0.6 is 0 Å². The van der Waals surface area contributed by atoms with E-state index < -0.39 is 0 Å². The number of nitrogens with one attached hydrogen (secondary N) is 1. The monoisotopic (exact) mass is 327 g/mol. The molecule has 5 heteroatoms. The highest BCUT2D eigenvalue weighted by Gasteiger charge is 2.27. The molecule has 0 unspecified atom stereocenters. The van der Waals surface area contributed by atoms with E-state index in [1.165, 1.54) is 12.1 Å². The van der Waals surface area contributed by atoms with Crippen molar-refractivity contribution >= 4 is 6.03 Å². The summed E-state index contributed by atoms with van der Waals surface area (Å²) in [5.74, 6) is -0.260. The summed E-state index contributed by atoms with van der Waals surface area (Å²) in [6.45, 7) is 6.98. The van der Waals surface area contributed by atoms with Gasteiger partial charge in [-0.25, -0.2) is 9.18 Å². The minimum atomic E-state index is -0.260. The molecule has 0 fully saturated rings. The van der Waals surface area contributed by atoms with Crippen molar-refractivity contribution in [3.8, 4) is 0 Å². The first-order chi connectivity index (χ1) is 11.5. The molecule has 1 aromatic carbocycles. The minimum Gasteiger partial charge on any atom is -0.334 e. The van der Waals surface area contributed by atoms with E-state index in [2.05, 4.69) is 10.3 Å². The first kappa shape index (κ1) is 16.4. The summed E-state index contributed by atoms with van der Waals surface area (Å²) in [5.41, 5.74) is 5.09. The number of fused-ring (bicyclic) bond motifs is 1. The average Bonchev–Trinajstić information content (AvgIpc) is 2.56. The fourth-order valence-electron chi connectivity index (χ4n) is 3.14. The first-order valence-corrected chi connectivity index (χ1v) is 8.20. The Balaban J connectivity index is 1.68. The van der Waals surface area contributed by atoms with E-state index in [-0.39, 0.29) is 17.9 Å². The van der Waals surface area contributed by atoms with E-state index in [0.29, 0.717) is 13.1 Å². The van der Waals surface area contributed by atoms with Crippen LogP contribution in [0.1, 0.15) is 40.9 Å². The lowest BCUT2D eigenvalue weighted by molar-refractivity contribution is 0.174. The van der Waals surface area contributed by atoms with Crippen LogP contribution in [0.2, 0.25) is 0 Å². The molecule has 2 aromatic rings. The smallest absolute Gasteiger partial charge is 0.318 e. The predicted octanol–water partition coefficient (Wildman–Crippen LogP) is 3.67. The summed E-state index contributed by atoms with van der Waals surface area (Å²) in [6.07, 6.45) is 2.53. The number of carbonyl (C=O) groups is 1. The van der Waals surface area contributed by atoms with Crippen LogP contribution in [0.25, 0.3) is 0 Å². The molecule has 0 spiro atoms. The number of pyridine rings is 1. The van der Waals surface area contributed by atoms with Gasteiger partial charge in [-0.1, -0.05) is 12.1 Å². The Morgan fingerprint density at radius 2 is 2.17 bits per heavy atom. The van der Waals surface area contributed by atoms with Gasteiger partial charge >= 0.3 is 6.03 Å². The van der Waals surface area contributed by atoms with Crippen LogP contribution in [0.3, 0.4) is 0 Å². The molecule has 0 saturated carbocycles. The number of carbonyl (C=O) groups excluding carboxylic acids is 1. The highest BCUT2D eigenvalue weighted by atomic mass is 19.1. The zero-order valence-electron chi connectivity index (χ0n) is 14.3. The lowest BCUT2D eigenvalue weighted by Crippen LogP contribution is -2.44. The van der Waals surface area contributed by atoms with Crippen LogP contribution < -0.4 is 5.32 Å². The van der Waals surface area contributed by atoms with E-state index >= 15 is 0 Å². The number of halogens is 1. The highest BCUT2D eigenvalue weighted by Crippen LogP contribution is 2.29. The van der Waals surface area contributed by atoms with Gasteiger partial charge in [-0.3, -0.25) is 4.98 Å². The molecule has 1 N–H and O–H groups in total. The number of aromatic nitrogens is 1. The van der Waals surface area contributed by atoms with Gasteiger partial charge in [0.2, 0.25) is 0 Å². The predicted molar refractivity (Wildman–Crippen MR) is 91.2 cm³/mol. The third-order valence-electron chi connectivity index (χ3n) is 4.75. The Bertz CT molecular complexity index is 775. The van der Waals surface area contributed by atoms with Gasteiger partial charge in [0.1, 0.15) is 5.82 Å². The summed E-state index contributed by atoms with van der Waals surface area (Å²) < 4.78 is 13.5. The van der Waals surface area contributed by atoms with Gasteiger partial charge in [0.25, 0.3) is 0 Å². The third-order valence-corrected chi connectivity index (χ3v) is 4.75. The van der Waals surface area contributed by atoms with Crippen LogP contribution in [-0.2, 0) is 13.0 Å². The molecule has 1 aromatic heterocycles. The Hall–Kier alpha value is -2.43. The molecule has 0 aliphatic carbocycles. The Morgan fingerprint density at radius 3 is 2.92 bits per heavy atom. The molecule has 0 saturated heterocycles. The SMILES string of the molecule is Cc1cc(CNC(=O)N2CCc3ccc(F)cc3[C@@H]2C)cnc1C. The zero-order valence-corrected chi connectivity index (χ0v) is 14.3. The van der Waals surface area contributed by atoms with Crippen molar-refractivity contribution in [2.24, 2.45) is 0 Å². The van der Waals surface area contributed by atoms with Crippen molar-refractivity contribution in [3.63, 3.8) is 0 Å². The second-order valence-corrected chi connectivity index (χ2v) is 6.37. The van der Waals surface area contributed by atoms with Gasteiger partial charge in [0.05, 0.1) is 6.04 Å². The van der Waals surface area contributed by atoms with E-state index in [1.807, 2.05) is 32.9 Å². The molecule has 0 radical (unpaired) electrons. The maximum atomic E-state index is 13.5. The van der Waals surface area contributed by atoms with Gasteiger partial charge in [0, 0.05) is 25.0 Å². The highest BCUT2D eigenvalue weighted by molar-refractivity contribution is 5.75. The maximum absolute atomic E-state index is 13.5. The quantitative estimate of drug-likeness (QED) is 0.915. The van der Waals surface area contributed by atoms with Gasteiger partial charge in [-0.15, -0.1) is 0 Å². The summed E-state index contributed by atoms with van der Waals surface area (Å²) >= 11 is 0. The second-order valence-electron chi connectivity index (χ2n) is 6.37. The number of urea groups is 1. The number of rotatable bonds is 2. The largest absolute Gasteiger partial charge is 0.334 e. The molecule has 2 amide bonds. The topological polar surface area (TPSA) is 45.2 Å². The fourth-order valence-corrected chi connectivity index (χ4v) is 3.14. The average molecular weight is 327 g/mol.